The van der Waals surface area contributed by atoms with Crippen molar-refractivity contribution < 1.29 is 27.4 Å². The van der Waals surface area contributed by atoms with Crippen molar-refractivity contribution in [2.45, 2.75) is 25.1 Å². The average Bonchev–Trinajstić information content (AvgIpc) is 3.35. The molecule has 6 nitrogen and oxygen atoms in total. The second-order valence-electron chi connectivity index (χ2n) is 6.71. The Morgan fingerprint density at radius 1 is 1.24 bits per heavy atom. The highest BCUT2D eigenvalue weighted by Gasteiger charge is 2.30. The van der Waals surface area contributed by atoms with E-state index in [0.717, 1.165) is 48.4 Å². The van der Waals surface area contributed by atoms with Gasteiger partial charge in [0.1, 0.15) is 17.7 Å². The number of hydrogen-bond donors (Lipinski definition) is 2. The molecule has 0 aliphatic carbocycles. The number of benzene rings is 2. The number of hydrogen-bond acceptors (Lipinski definition) is 4. The fourth-order valence-corrected chi connectivity index (χ4v) is 3.14. The van der Waals surface area contributed by atoms with Crippen molar-refractivity contribution in [2.24, 2.45) is 0 Å². The molecule has 0 radical (unpaired) electrons. The Labute approximate surface area is 164 Å². The molecule has 1 fully saturated rings. The van der Waals surface area contributed by atoms with Crippen LogP contribution >= 0.6 is 0 Å². The first-order chi connectivity index (χ1) is 13.9. The molecule has 1 amide bonds. The van der Waals surface area contributed by atoms with Gasteiger partial charge in [-0.25, -0.2) is 4.98 Å². The molecule has 1 aliphatic rings. The van der Waals surface area contributed by atoms with E-state index in [2.05, 4.69) is 15.3 Å². The van der Waals surface area contributed by atoms with Crippen molar-refractivity contribution in [1.82, 2.24) is 9.97 Å². The van der Waals surface area contributed by atoms with Gasteiger partial charge < -0.3 is 19.8 Å². The second-order valence-corrected chi connectivity index (χ2v) is 6.71. The van der Waals surface area contributed by atoms with Crippen LogP contribution in [0.2, 0.25) is 0 Å². The summed E-state index contributed by atoms with van der Waals surface area (Å²) in [5.41, 5.74) is 1.33. The van der Waals surface area contributed by atoms with Crippen LogP contribution in [0.1, 0.15) is 30.3 Å². The van der Waals surface area contributed by atoms with Gasteiger partial charge in [-0.05, 0) is 55.3 Å². The second kappa shape index (κ2) is 7.75. The summed E-state index contributed by atoms with van der Waals surface area (Å²) in [5, 5.41) is 2.70. The highest BCUT2D eigenvalue weighted by molar-refractivity contribution is 5.94. The van der Waals surface area contributed by atoms with Gasteiger partial charge >= 0.3 is 6.18 Å². The molecule has 29 heavy (non-hydrogen) atoms. The Morgan fingerprint density at radius 3 is 2.72 bits per heavy atom. The summed E-state index contributed by atoms with van der Waals surface area (Å²) < 4.78 is 48.5. The van der Waals surface area contributed by atoms with E-state index in [9.17, 15) is 18.0 Å². The Bertz CT molecular complexity index is 1010. The van der Waals surface area contributed by atoms with Gasteiger partial charge in [0.05, 0.1) is 16.6 Å². The van der Waals surface area contributed by atoms with Crippen molar-refractivity contribution >= 4 is 22.6 Å². The molecule has 0 spiro atoms. The number of alkyl halides is 3. The first kappa shape index (κ1) is 19.3. The summed E-state index contributed by atoms with van der Waals surface area (Å²) in [7, 11) is 0. The number of nitrogens with one attached hydrogen (secondary N) is 2. The summed E-state index contributed by atoms with van der Waals surface area (Å²) in [6.07, 6.45) is -2.52. The standard InChI is InChI=1S/C20H18F3N3O3/c21-20(22,23)12-3-6-14(7-4-12)29-11-18(27)24-13-5-8-15-16(10-13)26-19(25-15)17-2-1-9-28-17/h3-8,10,17H,1-2,9,11H2,(H,24,27)(H,25,26). The molecule has 4 rings (SSSR count). The number of carbonyl (C=O) groups is 1. The van der Waals surface area contributed by atoms with Gasteiger partial charge in [-0.15, -0.1) is 0 Å². The molecule has 1 aliphatic heterocycles. The number of ether oxygens (including phenoxy) is 2. The summed E-state index contributed by atoms with van der Waals surface area (Å²) >= 11 is 0. The topological polar surface area (TPSA) is 76.2 Å². The molecule has 0 bridgehead atoms. The Kier molecular flexibility index (Phi) is 5.14. The van der Waals surface area contributed by atoms with Gasteiger partial charge in [0, 0.05) is 12.3 Å². The number of amides is 1. The average molecular weight is 405 g/mol. The van der Waals surface area contributed by atoms with Gasteiger partial charge in [-0.3, -0.25) is 4.79 Å². The largest absolute Gasteiger partial charge is 0.484 e. The zero-order valence-electron chi connectivity index (χ0n) is 15.3. The van der Waals surface area contributed by atoms with Crippen molar-refractivity contribution in [1.29, 1.82) is 0 Å². The maximum absolute atomic E-state index is 12.6. The van der Waals surface area contributed by atoms with Crippen molar-refractivity contribution in [2.75, 3.05) is 18.5 Å². The summed E-state index contributed by atoms with van der Waals surface area (Å²) in [6, 6.07) is 9.45. The van der Waals surface area contributed by atoms with E-state index in [0.29, 0.717) is 5.69 Å². The van der Waals surface area contributed by atoms with Gasteiger partial charge in [-0.1, -0.05) is 0 Å². The third-order valence-corrected chi connectivity index (χ3v) is 4.57. The first-order valence-electron chi connectivity index (χ1n) is 9.10. The molecule has 1 aromatic heterocycles. The van der Waals surface area contributed by atoms with Gasteiger partial charge in [0.15, 0.2) is 6.61 Å². The van der Waals surface area contributed by atoms with Gasteiger partial charge in [0.2, 0.25) is 0 Å². The Morgan fingerprint density at radius 2 is 2.03 bits per heavy atom. The van der Waals surface area contributed by atoms with Crippen molar-refractivity contribution in [3.05, 3.63) is 53.9 Å². The first-order valence-corrected chi connectivity index (χ1v) is 9.10. The molecule has 1 atom stereocenters. The fraction of sp³-hybridized carbons (Fsp3) is 0.300. The molecular weight excluding hydrogens is 387 g/mol. The predicted octanol–water partition coefficient (Wildman–Crippen LogP) is 4.45. The molecule has 2 N–H and O–H groups in total. The number of aromatic amines is 1. The van der Waals surface area contributed by atoms with Crippen LogP contribution in [0.3, 0.4) is 0 Å². The molecule has 2 aromatic carbocycles. The monoisotopic (exact) mass is 405 g/mol. The fourth-order valence-electron chi connectivity index (χ4n) is 3.14. The lowest BCUT2D eigenvalue weighted by Crippen LogP contribution is -2.20. The van der Waals surface area contributed by atoms with Crippen molar-refractivity contribution in [3.8, 4) is 5.75 Å². The zero-order valence-corrected chi connectivity index (χ0v) is 15.3. The number of nitrogens with zero attached hydrogens (tertiary/aromatic N) is 1. The number of carbonyl (C=O) groups excluding carboxylic acids is 1. The van der Waals surface area contributed by atoms with Crippen LogP contribution in [0, 0.1) is 0 Å². The number of rotatable bonds is 5. The minimum atomic E-state index is -4.41. The van der Waals surface area contributed by atoms with E-state index < -0.39 is 17.6 Å². The summed E-state index contributed by atoms with van der Waals surface area (Å²) in [5.74, 6) is 0.521. The Balaban J connectivity index is 1.36. The molecule has 1 unspecified atom stereocenters. The zero-order chi connectivity index (χ0) is 20.4. The van der Waals surface area contributed by atoms with Crippen LogP contribution in [0.5, 0.6) is 5.75 Å². The smallest absolute Gasteiger partial charge is 0.416 e. The molecule has 3 aromatic rings. The number of halogens is 3. The maximum Gasteiger partial charge on any atom is 0.416 e. The number of H-pyrrole nitrogens is 1. The van der Waals surface area contributed by atoms with E-state index in [4.69, 9.17) is 9.47 Å². The highest BCUT2D eigenvalue weighted by atomic mass is 19.4. The number of aromatic nitrogens is 2. The van der Waals surface area contributed by atoms with Crippen LogP contribution in [-0.4, -0.2) is 29.1 Å². The number of imidazole rings is 1. The van der Waals surface area contributed by atoms with E-state index in [1.165, 1.54) is 12.1 Å². The molecule has 0 saturated carbocycles. The van der Waals surface area contributed by atoms with Crippen LogP contribution < -0.4 is 10.1 Å². The van der Waals surface area contributed by atoms with Crippen LogP contribution in [-0.2, 0) is 15.7 Å². The summed E-state index contributed by atoms with van der Waals surface area (Å²) in [6.45, 7) is 0.398. The highest BCUT2D eigenvalue weighted by Crippen LogP contribution is 2.30. The SMILES string of the molecule is O=C(COc1ccc(C(F)(F)F)cc1)Nc1ccc2nc(C3CCCO3)[nH]c2c1. The molecule has 2 heterocycles. The van der Waals surface area contributed by atoms with Gasteiger partial charge in [0.25, 0.3) is 5.91 Å². The molecule has 1 saturated heterocycles. The normalized spacial score (nSPS) is 16.9. The van der Waals surface area contributed by atoms with E-state index in [1.54, 1.807) is 18.2 Å². The van der Waals surface area contributed by atoms with Crippen LogP contribution in [0.15, 0.2) is 42.5 Å². The minimum absolute atomic E-state index is 0.0300. The maximum atomic E-state index is 12.6. The van der Waals surface area contributed by atoms with Crippen LogP contribution in [0.25, 0.3) is 11.0 Å². The van der Waals surface area contributed by atoms with Crippen molar-refractivity contribution in [3.63, 3.8) is 0 Å². The molecule has 9 heteroatoms. The van der Waals surface area contributed by atoms with E-state index in [1.807, 2.05) is 0 Å². The summed E-state index contributed by atoms with van der Waals surface area (Å²) in [4.78, 5) is 19.8. The van der Waals surface area contributed by atoms with Crippen LogP contribution in [0.4, 0.5) is 18.9 Å². The lowest BCUT2D eigenvalue weighted by atomic mass is 10.2. The predicted molar refractivity (Wildman–Crippen MR) is 99.6 cm³/mol. The third-order valence-electron chi connectivity index (χ3n) is 4.57. The Hall–Kier alpha value is -3.07. The third kappa shape index (κ3) is 4.51. The molecule has 152 valence electrons. The quantitative estimate of drug-likeness (QED) is 0.658. The lowest BCUT2D eigenvalue weighted by Gasteiger charge is -2.09. The number of anilines is 1. The minimum Gasteiger partial charge on any atom is -0.484 e. The number of fused-ring (bicyclic) bond motifs is 1. The van der Waals surface area contributed by atoms with Gasteiger partial charge in [-0.2, -0.15) is 13.2 Å². The lowest BCUT2D eigenvalue weighted by molar-refractivity contribution is -0.137. The van der Waals surface area contributed by atoms with E-state index in [-0.39, 0.29) is 18.5 Å². The molecular formula is C20H18F3N3O3. The van der Waals surface area contributed by atoms with E-state index >= 15 is 0 Å².